The van der Waals surface area contributed by atoms with E-state index < -0.39 is 0 Å². The summed E-state index contributed by atoms with van der Waals surface area (Å²) in [6.07, 6.45) is 1.61. The molecule has 0 aliphatic carbocycles. The monoisotopic (exact) mass is 162 g/mol. The number of hydrogen-bond donors (Lipinski definition) is 2. The molecule has 1 aliphatic heterocycles. The summed E-state index contributed by atoms with van der Waals surface area (Å²) in [6, 6.07) is 0.0497. The number of nitrogens with zero attached hydrogens (tertiary/aromatic N) is 1. The third-order valence-corrected chi connectivity index (χ3v) is 1.36. The highest BCUT2D eigenvalue weighted by atomic mass is 35.5. The summed E-state index contributed by atoms with van der Waals surface area (Å²) in [7, 11) is 0. The third-order valence-electron chi connectivity index (χ3n) is 1.13. The van der Waals surface area contributed by atoms with Crippen LogP contribution in [-0.4, -0.2) is 22.0 Å². The number of amides is 1. The maximum absolute atomic E-state index is 10.6. The van der Waals surface area contributed by atoms with E-state index in [1.165, 1.54) is 6.08 Å². The van der Waals surface area contributed by atoms with Gasteiger partial charge in [-0.1, -0.05) is 0 Å². The summed E-state index contributed by atoms with van der Waals surface area (Å²) < 4.78 is 0. The minimum atomic E-state index is -0.168. The summed E-state index contributed by atoms with van der Waals surface area (Å²) >= 11 is 5.35. The topological polar surface area (TPSA) is 52.6 Å². The van der Waals surface area contributed by atoms with Crippen molar-refractivity contribution < 1.29 is 9.90 Å². The minimum absolute atomic E-state index is 0.00500. The summed E-state index contributed by atoms with van der Waals surface area (Å²) in [5.74, 6) is -0.173. The van der Waals surface area contributed by atoms with Crippen molar-refractivity contribution in [3.63, 3.8) is 0 Å². The number of carbonyl (C=O) groups is 1. The molecular weight excluding hydrogens is 156 g/mol. The van der Waals surface area contributed by atoms with Crippen molar-refractivity contribution in [2.45, 2.75) is 6.42 Å². The Bertz CT molecular complexity index is 180. The van der Waals surface area contributed by atoms with Gasteiger partial charge in [-0.3, -0.25) is 10.2 Å². The number of aliphatic hydroxyl groups is 1. The van der Waals surface area contributed by atoms with Crippen molar-refractivity contribution in [2.75, 3.05) is 6.00 Å². The molecule has 0 spiro atoms. The lowest BCUT2D eigenvalue weighted by molar-refractivity contribution is -0.125. The van der Waals surface area contributed by atoms with Gasteiger partial charge in [-0.05, 0) is 6.08 Å². The van der Waals surface area contributed by atoms with Crippen LogP contribution >= 0.6 is 11.6 Å². The Hall–Kier alpha value is -0.900. The highest BCUT2D eigenvalue weighted by Crippen LogP contribution is 2.05. The van der Waals surface area contributed by atoms with Crippen LogP contribution in [0.3, 0.4) is 0 Å². The van der Waals surface area contributed by atoms with Crippen LogP contribution in [0, 0.1) is 0 Å². The van der Waals surface area contributed by atoms with E-state index in [9.17, 15) is 4.79 Å². The van der Waals surface area contributed by atoms with E-state index in [4.69, 9.17) is 16.7 Å². The quantitative estimate of drug-likeness (QED) is 0.431. The minimum Gasteiger partial charge on any atom is -0.494 e. The van der Waals surface area contributed by atoms with E-state index in [0.29, 0.717) is 0 Å². The predicted octanol–water partition coefficient (Wildman–Crippen LogP) is 0.319. The zero-order chi connectivity index (χ0) is 7.56. The van der Waals surface area contributed by atoms with Crippen LogP contribution in [0.1, 0.15) is 6.42 Å². The molecule has 0 aromatic heterocycles. The van der Waals surface area contributed by atoms with Crippen LogP contribution in [0.15, 0.2) is 12.0 Å². The molecule has 56 valence electrons. The molecule has 0 atom stereocenters. The van der Waals surface area contributed by atoms with Crippen molar-refractivity contribution in [3.8, 4) is 0 Å². The number of halogens is 1. The Balaban J connectivity index is 2.65. The SMILES string of the molecule is O=C1CC=C(O)N(CCl)N1. The number of alkyl halides is 1. The van der Waals surface area contributed by atoms with Gasteiger partial charge in [0.15, 0.2) is 0 Å². The predicted molar refractivity (Wildman–Crippen MR) is 36.0 cm³/mol. The lowest BCUT2D eigenvalue weighted by Gasteiger charge is -2.24. The van der Waals surface area contributed by atoms with Gasteiger partial charge in [0.25, 0.3) is 0 Å². The van der Waals surface area contributed by atoms with Crippen molar-refractivity contribution >= 4 is 17.5 Å². The van der Waals surface area contributed by atoms with Gasteiger partial charge < -0.3 is 5.11 Å². The van der Waals surface area contributed by atoms with Gasteiger partial charge in [0.2, 0.25) is 11.8 Å². The maximum atomic E-state index is 10.6. The van der Waals surface area contributed by atoms with Crippen LogP contribution in [0.25, 0.3) is 0 Å². The fourth-order valence-corrected chi connectivity index (χ4v) is 0.821. The third kappa shape index (κ3) is 1.33. The lowest BCUT2D eigenvalue weighted by atomic mass is 10.3. The molecule has 0 aromatic rings. The van der Waals surface area contributed by atoms with Crippen LogP contribution in [0.2, 0.25) is 0 Å². The van der Waals surface area contributed by atoms with Crippen molar-refractivity contribution in [2.24, 2.45) is 0 Å². The Labute approximate surface area is 63.0 Å². The van der Waals surface area contributed by atoms with E-state index >= 15 is 0 Å². The van der Waals surface area contributed by atoms with Gasteiger partial charge in [0.1, 0.15) is 6.00 Å². The number of nitrogens with one attached hydrogen (secondary N) is 1. The molecule has 0 radical (unpaired) electrons. The standard InChI is InChI=1S/C5H7ClN2O2/c6-3-8-5(10)2-1-4(9)7-8/h2,10H,1,3H2,(H,7,9). The largest absolute Gasteiger partial charge is 0.494 e. The second kappa shape index (κ2) is 2.79. The second-order valence-corrected chi connectivity index (χ2v) is 2.09. The van der Waals surface area contributed by atoms with Gasteiger partial charge in [0, 0.05) is 0 Å². The highest BCUT2D eigenvalue weighted by Gasteiger charge is 2.14. The first-order chi connectivity index (χ1) is 4.74. The summed E-state index contributed by atoms with van der Waals surface area (Å²) in [5, 5.41) is 10.1. The van der Waals surface area contributed by atoms with E-state index in [2.05, 4.69) is 5.43 Å². The normalized spacial score (nSPS) is 18.3. The van der Waals surface area contributed by atoms with Crippen LogP contribution in [-0.2, 0) is 4.79 Å². The van der Waals surface area contributed by atoms with E-state index in [-0.39, 0.29) is 24.2 Å². The Kier molecular flexibility index (Phi) is 2.01. The molecule has 2 N–H and O–H groups in total. The molecule has 0 aromatic carbocycles. The summed E-state index contributed by atoms with van der Waals surface area (Å²) in [4.78, 5) is 10.6. The first-order valence-corrected chi connectivity index (χ1v) is 3.29. The second-order valence-electron chi connectivity index (χ2n) is 1.85. The molecular formula is C5H7ClN2O2. The smallest absolute Gasteiger partial charge is 0.242 e. The number of carbonyl (C=O) groups excluding carboxylic acids is 1. The average Bonchev–Trinajstić information content (AvgIpc) is 1.94. The zero-order valence-electron chi connectivity index (χ0n) is 5.17. The van der Waals surface area contributed by atoms with Gasteiger partial charge in [-0.2, -0.15) is 0 Å². The van der Waals surface area contributed by atoms with Crippen LogP contribution < -0.4 is 5.43 Å². The molecule has 1 amide bonds. The number of aliphatic hydroxyl groups excluding tert-OH is 1. The molecule has 0 bridgehead atoms. The molecule has 10 heavy (non-hydrogen) atoms. The molecule has 0 fully saturated rings. The first kappa shape index (κ1) is 7.21. The van der Waals surface area contributed by atoms with Gasteiger partial charge in [-0.15, -0.1) is 11.6 Å². The van der Waals surface area contributed by atoms with E-state index in [1.54, 1.807) is 0 Å². The number of hydrogen-bond acceptors (Lipinski definition) is 3. The van der Waals surface area contributed by atoms with Gasteiger partial charge >= 0.3 is 0 Å². The summed E-state index contributed by atoms with van der Waals surface area (Å²) in [6.45, 7) is 0. The number of rotatable bonds is 1. The molecule has 0 saturated carbocycles. The van der Waals surface area contributed by atoms with Gasteiger partial charge in [0.05, 0.1) is 6.42 Å². The molecule has 0 unspecified atom stereocenters. The molecule has 5 heteroatoms. The fraction of sp³-hybridized carbons (Fsp3) is 0.400. The Morgan fingerprint density at radius 1 is 1.90 bits per heavy atom. The van der Waals surface area contributed by atoms with Crippen molar-refractivity contribution in [1.29, 1.82) is 0 Å². The average molecular weight is 163 g/mol. The number of hydrazine groups is 1. The lowest BCUT2D eigenvalue weighted by Crippen LogP contribution is -2.43. The van der Waals surface area contributed by atoms with Crippen molar-refractivity contribution in [3.05, 3.63) is 12.0 Å². The molecule has 1 aliphatic rings. The van der Waals surface area contributed by atoms with Crippen LogP contribution in [0.5, 0.6) is 0 Å². The first-order valence-electron chi connectivity index (χ1n) is 2.76. The van der Waals surface area contributed by atoms with Gasteiger partial charge in [-0.25, -0.2) is 5.01 Å². The Morgan fingerprint density at radius 2 is 2.60 bits per heavy atom. The van der Waals surface area contributed by atoms with Crippen molar-refractivity contribution in [1.82, 2.24) is 10.4 Å². The molecule has 0 saturated heterocycles. The van der Waals surface area contributed by atoms with Crippen LogP contribution in [0.4, 0.5) is 0 Å². The molecule has 1 heterocycles. The van der Waals surface area contributed by atoms with E-state index in [1.807, 2.05) is 0 Å². The fourth-order valence-electron chi connectivity index (χ4n) is 0.639. The Morgan fingerprint density at radius 3 is 3.10 bits per heavy atom. The van der Waals surface area contributed by atoms with E-state index in [0.717, 1.165) is 5.01 Å². The molecule has 4 nitrogen and oxygen atoms in total. The zero-order valence-corrected chi connectivity index (χ0v) is 5.93. The summed E-state index contributed by atoms with van der Waals surface area (Å²) in [5.41, 5.74) is 2.36. The maximum Gasteiger partial charge on any atom is 0.242 e. The molecule has 1 rings (SSSR count). The highest BCUT2D eigenvalue weighted by molar-refractivity contribution is 6.17.